The van der Waals surface area contributed by atoms with Gasteiger partial charge in [0.25, 0.3) is 0 Å². The Morgan fingerprint density at radius 2 is 1.87 bits per heavy atom. The summed E-state index contributed by atoms with van der Waals surface area (Å²) in [5, 5.41) is 3.47. The molecule has 80 valence electrons. The highest BCUT2D eigenvalue weighted by Gasteiger charge is 2.11. The number of nitrogens with zero attached hydrogens (tertiary/aromatic N) is 1. The number of thiophene rings is 1. The molecular formula is C13H17NS. The van der Waals surface area contributed by atoms with Crippen LogP contribution in [0.15, 0.2) is 17.5 Å². The van der Waals surface area contributed by atoms with Gasteiger partial charge < -0.3 is 0 Å². The van der Waals surface area contributed by atoms with Crippen molar-refractivity contribution >= 4 is 21.6 Å². The monoisotopic (exact) mass is 219 g/mol. The highest BCUT2D eigenvalue weighted by Crippen LogP contribution is 2.30. The fourth-order valence-electron chi connectivity index (χ4n) is 1.77. The number of fused-ring (bicyclic) bond motifs is 1. The van der Waals surface area contributed by atoms with Crippen LogP contribution in [0.25, 0.3) is 10.2 Å². The highest BCUT2D eigenvalue weighted by atomic mass is 32.1. The van der Waals surface area contributed by atoms with E-state index in [4.69, 9.17) is 4.98 Å². The van der Waals surface area contributed by atoms with E-state index in [1.54, 1.807) is 11.3 Å². The molecule has 15 heavy (non-hydrogen) atoms. The number of rotatable bonds is 2. The third-order valence-electron chi connectivity index (χ3n) is 2.70. The number of hydrogen-bond acceptors (Lipinski definition) is 2. The predicted octanol–water partition coefficient (Wildman–Crippen LogP) is 4.54. The molecule has 0 saturated heterocycles. The molecule has 0 radical (unpaired) electrons. The van der Waals surface area contributed by atoms with E-state index in [2.05, 4.69) is 45.2 Å². The molecule has 0 atom stereocenters. The molecule has 0 aromatic carbocycles. The van der Waals surface area contributed by atoms with E-state index in [-0.39, 0.29) is 0 Å². The molecule has 0 aliphatic carbocycles. The lowest BCUT2D eigenvalue weighted by molar-refractivity contribution is 0.812. The zero-order chi connectivity index (χ0) is 11.0. The van der Waals surface area contributed by atoms with Crippen LogP contribution in [0.3, 0.4) is 0 Å². The summed E-state index contributed by atoms with van der Waals surface area (Å²) in [4.78, 5) is 5.88. The molecule has 1 nitrogen and oxygen atoms in total. The average molecular weight is 219 g/mol. The van der Waals surface area contributed by atoms with Crippen LogP contribution < -0.4 is 0 Å². The molecule has 2 rings (SSSR count). The van der Waals surface area contributed by atoms with Crippen molar-refractivity contribution in [1.82, 2.24) is 4.98 Å². The number of pyridine rings is 1. The van der Waals surface area contributed by atoms with Crippen molar-refractivity contribution in [1.29, 1.82) is 0 Å². The van der Waals surface area contributed by atoms with Crippen molar-refractivity contribution in [2.75, 3.05) is 0 Å². The molecule has 0 aliphatic heterocycles. The minimum atomic E-state index is 0.508. The van der Waals surface area contributed by atoms with Crippen molar-refractivity contribution in [2.24, 2.45) is 0 Å². The van der Waals surface area contributed by atoms with Crippen LogP contribution in [-0.4, -0.2) is 4.98 Å². The van der Waals surface area contributed by atoms with E-state index in [0.717, 1.165) is 0 Å². The molecular weight excluding hydrogens is 202 g/mol. The first kappa shape index (κ1) is 10.6. The topological polar surface area (TPSA) is 12.9 Å². The molecule has 0 saturated carbocycles. The van der Waals surface area contributed by atoms with Gasteiger partial charge in [0, 0.05) is 11.1 Å². The Morgan fingerprint density at radius 3 is 2.47 bits per heavy atom. The van der Waals surface area contributed by atoms with Crippen molar-refractivity contribution in [2.45, 2.75) is 39.5 Å². The minimum absolute atomic E-state index is 0.508. The highest BCUT2D eigenvalue weighted by molar-refractivity contribution is 7.16. The van der Waals surface area contributed by atoms with Gasteiger partial charge in [-0.05, 0) is 34.9 Å². The van der Waals surface area contributed by atoms with Gasteiger partial charge in [-0.2, -0.15) is 0 Å². The van der Waals surface area contributed by atoms with Crippen molar-refractivity contribution in [3.8, 4) is 0 Å². The average Bonchev–Trinajstić information content (AvgIpc) is 2.62. The van der Waals surface area contributed by atoms with E-state index in [0.29, 0.717) is 11.8 Å². The zero-order valence-electron chi connectivity index (χ0n) is 9.74. The van der Waals surface area contributed by atoms with E-state index in [1.165, 1.54) is 21.5 Å². The SMILES string of the molecule is CC(C)c1cc(C(C)C)c2ccsc2n1. The standard InChI is InChI=1S/C13H17NS/c1-8(2)11-7-12(9(3)4)14-13-10(11)5-6-15-13/h5-9H,1-4H3. The summed E-state index contributed by atoms with van der Waals surface area (Å²) in [5.41, 5.74) is 2.65. The van der Waals surface area contributed by atoms with Crippen LogP contribution in [0.1, 0.15) is 50.8 Å². The first-order chi connectivity index (χ1) is 7.09. The van der Waals surface area contributed by atoms with Gasteiger partial charge in [0.05, 0.1) is 0 Å². The van der Waals surface area contributed by atoms with Gasteiger partial charge >= 0.3 is 0 Å². The summed E-state index contributed by atoms with van der Waals surface area (Å²) >= 11 is 1.74. The summed E-state index contributed by atoms with van der Waals surface area (Å²) in [7, 11) is 0. The molecule has 2 aromatic heterocycles. The molecule has 0 fully saturated rings. The summed E-state index contributed by atoms with van der Waals surface area (Å²) < 4.78 is 0. The quantitative estimate of drug-likeness (QED) is 0.722. The lowest BCUT2D eigenvalue weighted by atomic mass is 9.98. The number of hydrogen-bond donors (Lipinski definition) is 0. The molecule has 2 aromatic rings. The zero-order valence-corrected chi connectivity index (χ0v) is 10.6. The van der Waals surface area contributed by atoms with Crippen LogP contribution in [0.5, 0.6) is 0 Å². The van der Waals surface area contributed by atoms with Crippen molar-refractivity contribution in [3.63, 3.8) is 0 Å². The van der Waals surface area contributed by atoms with Gasteiger partial charge in [0.2, 0.25) is 0 Å². The maximum atomic E-state index is 4.70. The van der Waals surface area contributed by atoms with E-state index in [9.17, 15) is 0 Å². The number of aromatic nitrogens is 1. The van der Waals surface area contributed by atoms with Crippen LogP contribution in [-0.2, 0) is 0 Å². The molecule has 0 amide bonds. The van der Waals surface area contributed by atoms with E-state index in [1.807, 2.05) is 0 Å². The van der Waals surface area contributed by atoms with Gasteiger partial charge in [0.15, 0.2) is 0 Å². The smallest absolute Gasteiger partial charge is 0.123 e. The fourth-order valence-corrected chi connectivity index (χ4v) is 2.57. The van der Waals surface area contributed by atoms with Gasteiger partial charge in [-0.3, -0.25) is 0 Å². The summed E-state index contributed by atoms with van der Waals surface area (Å²) in [6.07, 6.45) is 0. The van der Waals surface area contributed by atoms with Crippen LogP contribution in [0.4, 0.5) is 0 Å². The maximum Gasteiger partial charge on any atom is 0.123 e. The van der Waals surface area contributed by atoms with Crippen LogP contribution in [0.2, 0.25) is 0 Å². The maximum absolute atomic E-state index is 4.70. The van der Waals surface area contributed by atoms with Crippen LogP contribution in [0, 0.1) is 0 Å². The second-order valence-corrected chi connectivity index (χ2v) is 5.48. The Morgan fingerprint density at radius 1 is 1.13 bits per heavy atom. The van der Waals surface area contributed by atoms with Gasteiger partial charge in [-0.25, -0.2) is 4.98 Å². The largest absolute Gasteiger partial charge is 0.242 e. The Labute approximate surface area is 95.2 Å². The van der Waals surface area contributed by atoms with Gasteiger partial charge in [0.1, 0.15) is 4.83 Å². The third kappa shape index (κ3) is 1.91. The molecule has 2 heteroatoms. The van der Waals surface area contributed by atoms with E-state index >= 15 is 0 Å². The summed E-state index contributed by atoms with van der Waals surface area (Å²) in [6, 6.07) is 4.46. The molecule has 0 bridgehead atoms. The fraction of sp³-hybridized carbons (Fsp3) is 0.462. The van der Waals surface area contributed by atoms with Crippen molar-refractivity contribution < 1.29 is 0 Å². The second kappa shape index (κ2) is 3.93. The van der Waals surface area contributed by atoms with Gasteiger partial charge in [-0.15, -0.1) is 11.3 Å². The Kier molecular flexibility index (Phi) is 2.79. The van der Waals surface area contributed by atoms with Crippen LogP contribution >= 0.6 is 11.3 Å². The first-order valence-electron chi connectivity index (χ1n) is 5.47. The van der Waals surface area contributed by atoms with Crippen molar-refractivity contribution in [3.05, 3.63) is 28.8 Å². The van der Waals surface area contributed by atoms with Gasteiger partial charge in [-0.1, -0.05) is 27.7 Å². The molecule has 0 N–H and O–H groups in total. The normalized spacial score (nSPS) is 11.9. The predicted molar refractivity (Wildman–Crippen MR) is 67.8 cm³/mol. The first-order valence-corrected chi connectivity index (χ1v) is 6.35. The summed E-state index contributed by atoms with van der Waals surface area (Å²) in [6.45, 7) is 8.89. The lowest BCUT2D eigenvalue weighted by Crippen LogP contribution is -1.97. The molecule has 2 heterocycles. The molecule has 0 unspecified atom stereocenters. The molecule has 0 spiro atoms. The third-order valence-corrected chi connectivity index (χ3v) is 3.51. The minimum Gasteiger partial charge on any atom is -0.242 e. The second-order valence-electron chi connectivity index (χ2n) is 4.59. The Bertz CT molecular complexity index is 468. The summed E-state index contributed by atoms with van der Waals surface area (Å²) in [5.74, 6) is 1.08. The lowest BCUT2D eigenvalue weighted by Gasteiger charge is -2.11. The Balaban J connectivity index is 2.69. The molecule has 0 aliphatic rings. The Hall–Kier alpha value is -0.890. The van der Waals surface area contributed by atoms with E-state index < -0.39 is 0 Å².